The third kappa shape index (κ3) is 3.63. The molecule has 0 radical (unpaired) electrons. The first kappa shape index (κ1) is 10.3. The molecule has 1 heterocycles. The molecule has 1 aliphatic heterocycles. The molecule has 13 heavy (non-hydrogen) atoms. The van der Waals surface area contributed by atoms with E-state index in [1.54, 1.807) is 0 Å². The molecule has 76 valence electrons. The van der Waals surface area contributed by atoms with Gasteiger partial charge in [0.2, 0.25) is 5.96 Å². The second-order valence-electron chi connectivity index (χ2n) is 3.36. The van der Waals surface area contributed by atoms with Gasteiger partial charge in [0.25, 0.3) is 0 Å². The summed E-state index contributed by atoms with van der Waals surface area (Å²) < 4.78 is 0. The van der Waals surface area contributed by atoms with Gasteiger partial charge >= 0.3 is 0 Å². The van der Waals surface area contributed by atoms with Crippen molar-refractivity contribution in [3.8, 4) is 0 Å². The number of hydrogen-bond acceptors (Lipinski definition) is 2. The van der Waals surface area contributed by atoms with Crippen LogP contribution < -0.4 is 11.2 Å². The molecule has 0 aromatic carbocycles. The third-order valence-electron chi connectivity index (χ3n) is 2.17. The fourth-order valence-corrected chi connectivity index (χ4v) is 1.32. The number of guanidine groups is 1. The predicted molar refractivity (Wildman–Crippen MR) is 55.3 cm³/mol. The van der Waals surface area contributed by atoms with Gasteiger partial charge in [-0.2, -0.15) is 0 Å². The quantitative estimate of drug-likeness (QED) is 0.386. The maximum Gasteiger partial charge on any atom is 0.205 e. The number of hydrazine groups is 1. The molecule has 1 rings (SSSR count). The van der Waals surface area contributed by atoms with Gasteiger partial charge in [-0.3, -0.25) is 10.0 Å². The summed E-state index contributed by atoms with van der Waals surface area (Å²) in [6.07, 6.45) is 4.73. The van der Waals surface area contributed by atoms with Crippen molar-refractivity contribution < 1.29 is 0 Å². The standard InChI is InChI=1S/C9H20N4/c1-2-3-6-11-9(10)13-8-5-4-7-12-13/h12H,2-8H2,1H3,(H2,10,11). The lowest BCUT2D eigenvalue weighted by molar-refractivity contribution is 0.253. The molecular weight excluding hydrogens is 164 g/mol. The van der Waals surface area contributed by atoms with Crippen molar-refractivity contribution in [3.63, 3.8) is 0 Å². The van der Waals surface area contributed by atoms with Crippen molar-refractivity contribution in [3.05, 3.63) is 0 Å². The highest BCUT2D eigenvalue weighted by molar-refractivity contribution is 5.77. The molecular formula is C9H20N4. The highest BCUT2D eigenvalue weighted by Gasteiger charge is 2.10. The topological polar surface area (TPSA) is 53.6 Å². The lowest BCUT2D eigenvalue weighted by Gasteiger charge is -2.28. The second kappa shape index (κ2) is 5.80. The number of rotatable bonds is 3. The summed E-state index contributed by atoms with van der Waals surface area (Å²) >= 11 is 0. The average Bonchev–Trinajstić information content (AvgIpc) is 2.19. The summed E-state index contributed by atoms with van der Waals surface area (Å²) in [7, 11) is 0. The third-order valence-corrected chi connectivity index (χ3v) is 2.17. The van der Waals surface area contributed by atoms with E-state index in [0.29, 0.717) is 5.96 Å². The minimum atomic E-state index is 0.646. The van der Waals surface area contributed by atoms with Crippen molar-refractivity contribution in [2.45, 2.75) is 32.6 Å². The van der Waals surface area contributed by atoms with Crippen LogP contribution in [0.2, 0.25) is 0 Å². The largest absolute Gasteiger partial charge is 0.369 e. The summed E-state index contributed by atoms with van der Waals surface area (Å²) in [5.41, 5.74) is 9.03. The fraction of sp³-hybridized carbons (Fsp3) is 0.889. The Labute approximate surface area is 80.2 Å². The van der Waals surface area contributed by atoms with E-state index in [0.717, 1.165) is 26.1 Å². The smallest absolute Gasteiger partial charge is 0.205 e. The van der Waals surface area contributed by atoms with Crippen LogP contribution in [0.5, 0.6) is 0 Å². The zero-order valence-corrected chi connectivity index (χ0v) is 8.42. The fourth-order valence-electron chi connectivity index (χ4n) is 1.32. The van der Waals surface area contributed by atoms with Crippen LogP contribution in [0.4, 0.5) is 0 Å². The number of nitrogens with two attached hydrogens (primary N) is 1. The van der Waals surface area contributed by atoms with Gasteiger partial charge in [-0.1, -0.05) is 13.3 Å². The summed E-state index contributed by atoms with van der Waals surface area (Å²) in [5, 5.41) is 1.96. The zero-order chi connectivity index (χ0) is 9.52. The van der Waals surface area contributed by atoms with E-state index in [2.05, 4.69) is 17.3 Å². The van der Waals surface area contributed by atoms with Crippen LogP contribution in [0, 0.1) is 0 Å². The summed E-state index contributed by atoms with van der Waals surface area (Å²) in [5.74, 6) is 0.646. The number of nitrogens with zero attached hydrogens (tertiary/aromatic N) is 2. The molecule has 0 saturated carbocycles. The molecule has 3 N–H and O–H groups in total. The minimum Gasteiger partial charge on any atom is -0.369 e. The average molecular weight is 184 g/mol. The van der Waals surface area contributed by atoms with Crippen molar-refractivity contribution in [1.29, 1.82) is 0 Å². The van der Waals surface area contributed by atoms with E-state index < -0.39 is 0 Å². The molecule has 0 spiro atoms. The van der Waals surface area contributed by atoms with Gasteiger partial charge in [0.05, 0.1) is 0 Å². The Morgan fingerprint density at radius 1 is 1.54 bits per heavy atom. The molecule has 0 aromatic heterocycles. The second-order valence-corrected chi connectivity index (χ2v) is 3.36. The van der Waals surface area contributed by atoms with Crippen molar-refractivity contribution in [2.75, 3.05) is 19.6 Å². The molecule has 1 aliphatic rings. The van der Waals surface area contributed by atoms with Crippen LogP contribution in [-0.2, 0) is 0 Å². The molecule has 0 unspecified atom stereocenters. The Hall–Kier alpha value is -0.770. The molecule has 0 atom stereocenters. The number of aliphatic imine (C=N–C) groups is 1. The van der Waals surface area contributed by atoms with Crippen LogP contribution >= 0.6 is 0 Å². The zero-order valence-electron chi connectivity index (χ0n) is 8.42. The van der Waals surface area contributed by atoms with Crippen LogP contribution in [-0.4, -0.2) is 30.6 Å². The number of hydrogen-bond donors (Lipinski definition) is 2. The summed E-state index contributed by atoms with van der Waals surface area (Å²) in [4.78, 5) is 4.30. The van der Waals surface area contributed by atoms with E-state index in [4.69, 9.17) is 5.73 Å². The van der Waals surface area contributed by atoms with E-state index in [9.17, 15) is 0 Å². The van der Waals surface area contributed by atoms with Gasteiger partial charge in [0.1, 0.15) is 0 Å². The highest BCUT2D eigenvalue weighted by Crippen LogP contribution is 1.98. The van der Waals surface area contributed by atoms with Crippen LogP contribution in [0.1, 0.15) is 32.6 Å². The summed E-state index contributed by atoms with van der Waals surface area (Å²) in [6.45, 7) is 5.01. The van der Waals surface area contributed by atoms with Gasteiger partial charge in [-0.05, 0) is 19.3 Å². The first-order valence-corrected chi connectivity index (χ1v) is 5.15. The molecule has 4 nitrogen and oxygen atoms in total. The Morgan fingerprint density at radius 3 is 3.00 bits per heavy atom. The van der Waals surface area contributed by atoms with E-state index >= 15 is 0 Å². The highest BCUT2D eigenvalue weighted by atomic mass is 15.6. The Balaban J connectivity index is 2.27. The van der Waals surface area contributed by atoms with E-state index in [1.807, 2.05) is 5.01 Å². The van der Waals surface area contributed by atoms with Crippen molar-refractivity contribution in [1.82, 2.24) is 10.4 Å². The van der Waals surface area contributed by atoms with Gasteiger partial charge in [0.15, 0.2) is 0 Å². The Kier molecular flexibility index (Phi) is 4.60. The van der Waals surface area contributed by atoms with Gasteiger partial charge in [0, 0.05) is 19.6 Å². The van der Waals surface area contributed by atoms with Crippen LogP contribution in [0.15, 0.2) is 4.99 Å². The maximum atomic E-state index is 5.80. The van der Waals surface area contributed by atoms with Crippen molar-refractivity contribution in [2.24, 2.45) is 10.7 Å². The molecule has 1 fully saturated rings. The summed E-state index contributed by atoms with van der Waals surface area (Å²) in [6, 6.07) is 0. The first-order chi connectivity index (χ1) is 6.34. The van der Waals surface area contributed by atoms with E-state index in [1.165, 1.54) is 19.3 Å². The molecule has 0 aliphatic carbocycles. The SMILES string of the molecule is CCCCN=C(N)N1CCCCN1. The lowest BCUT2D eigenvalue weighted by atomic mass is 10.3. The molecule has 0 aromatic rings. The molecule has 1 saturated heterocycles. The maximum absolute atomic E-state index is 5.80. The van der Waals surface area contributed by atoms with Crippen LogP contribution in [0.25, 0.3) is 0 Å². The minimum absolute atomic E-state index is 0.646. The van der Waals surface area contributed by atoms with Gasteiger partial charge < -0.3 is 5.73 Å². The normalized spacial score (nSPS) is 19.2. The Bertz CT molecular complexity index is 161. The lowest BCUT2D eigenvalue weighted by Crippen LogP contribution is -2.50. The van der Waals surface area contributed by atoms with Crippen LogP contribution in [0.3, 0.4) is 0 Å². The van der Waals surface area contributed by atoms with Gasteiger partial charge in [-0.25, -0.2) is 5.43 Å². The molecule has 0 amide bonds. The number of unbranched alkanes of at least 4 members (excludes halogenated alkanes) is 1. The first-order valence-electron chi connectivity index (χ1n) is 5.15. The molecule has 0 bridgehead atoms. The number of nitrogens with one attached hydrogen (secondary N) is 1. The molecule has 4 heteroatoms. The monoisotopic (exact) mass is 184 g/mol. The van der Waals surface area contributed by atoms with E-state index in [-0.39, 0.29) is 0 Å². The van der Waals surface area contributed by atoms with Gasteiger partial charge in [-0.15, -0.1) is 0 Å². The van der Waals surface area contributed by atoms with Crippen molar-refractivity contribution >= 4 is 5.96 Å². The predicted octanol–water partition coefficient (Wildman–Crippen LogP) is 0.702. The Morgan fingerprint density at radius 2 is 2.38 bits per heavy atom.